The minimum absolute atomic E-state index is 0.136. The molecule has 20 heavy (non-hydrogen) atoms. The zero-order valence-corrected chi connectivity index (χ0v) is 12.4. The van der Waals surface area contributed by atoms with Crippen LogP contribution in [-0.2, 0) is 20.1 Å². The number of rotatable bonds is 2. The average molecular weight is 296 g/mol. The van der Waals surface area contributed by atoms with Crippen LogP contribution >= 0.6 is 11.6 Å². The summed E-state index contributed by atoms with van der Waals surface area (Å²) in [6.07, 6.45) is 0.801. The SMILES string of the molecule is CC(C)CN1C(=O)C2(OCCCO2)c2cc(Cl)ccc21. The van der Waals surface area contributed by atoms with Gasteiger partial charge in [0.25, 0.3) is 11.7 Å². The molecule has 2 aliphatic heterocycles. The van der Waals surface area contributed by atoms with E-state index in [1.54, 1.807) is 17.0 Å². The third-order valence-corrected chi connectivity index (χ3v) is 3.81. The van der Waals surface area contributed by atoms with E-state index in [1.165, 1.54) is 0 Å². The van der Waals surface area contributed by atoms with Crippen LogP contribution in [0.15, 0.2) is 18.2 Å². The molecule has 0 N–H and O–H groups in total. The van der Waals surface area contributed by atoms with Gasteiger partial charge in [-0.3, -0.25) is 4.79 Å². The molecular formula is C15H18ClNO3. The predicted octanol–water partition coefficient (Wildman–Crippen LogP) is 2.93. The molecule has 5 heteroatoms. The van der Waals surface area contributed by atoms with E-state index in [-0.39, 0.29) is 5.91 Å². The van der Waals surface area contributed by atoms with Crippen LogP contribution in [0.3, 0.4) is 0 Å². The highest BCUT2D eigenvalue weighted by atomic mass is 35.5. The Bertz CT molecular complexity index is 538. The molecule has 0 bridgehead atoms. The van der Waals surface area contributed by atoms with Crippen molar-refractivity contribution in [1.29, 1.82) is 0 Å². The van der Waals surface area contributed by atoms with Gasteiger partial charge < -0.3 is 14.4 Å². The molecule has 0 unspecified atom stereocenters. The van der Waals surface area contributed by atoms with Crippen LogP contribution in [0.25, 0.3) is 0 Å². The van der Waals surface area contributed by atoms with Gasteiger partial charge in [-0.2, -0.15) is 0 Å². The fourth-order valence-electron chi connectivity index (χ4n) is 2.77. The predicted molar refractivity (Wildman–Crippen MR) is 76.8 cm³/mol. The van der Waals surface area contributed by atoms with E-state index >= 15 is 0 Å². The van der Waals surface area contributed by atoms with Crippen LogP contribution in [0.1, 0.15) is 25.8 Å². The monoisotopic (exact) mass is 295 g/mol. The fraction of sp³-hybridized carbons (Fsp3) is 0.533. The first-order valence-electron chi connectivity index (χ1n) is 6.94. The van der Waals surface area contributed by atoms with E-state index in [1.807, 2.05) is 6.07 Å². The lowest BCUT2D eigenvalue weighted by Crippen LogP contribution is -2.47. The van der Waals surface area contributed by atoms with Crippen LogP contribution in [0.5, 0.6) is 0 Å². The summed E-state index contributed by atoms with van der Waals surface area (Å²) < 4.78 is 11.5. The number of ether oxygens (including phenoxy) is 2. The second-order valence-corrected chi connectivity index (χ2v) is 6.07. The Morgan fingerprint density at radius 3 is 2.70 bits per heavy atom. The smallest absolute Gasteiger partial charge is 0.292 e. The Morgan fingerprint density at radius 2 is 2.05 bits per heavy atom. The summed E-state index contributed by atoms with van der Waals surface area (Å²) >= 11 is 6.09. The third-order valence-electron chi connectivity index (χ3n) is 3.58. The standard InChI is InChI=1S/C15H18ClNO3/c1-10(2)9-17-13-5-4-11(16)8-12(13)15(14(17)18)19-6-3-7-20-15/h4-5,8,10H,3,6-7,9H2,1-2H3. The zero-order valence-electron chi connectivity index (χ0n) is 11.7. The Hall–Kier alpha value is -1.10. The molecule has 1 aromatic rings. The van der Waals surface area contributed by atoms with Gasteiger partial charge in [-0.05, 0) is 30.5 Å². The highest BCUT2D eigenvalue weighted by Gasteiger charge is 2.54. The molecule has 0 aliphatic carbocycles. The summed E-state index contributed by atoms with van der Waals surface area (Å²) in [5.74, 6) is -1.06. The van der Waals surface area contributed by atoms with Gasteiger partial charge >= 0.3 is 0 Å². The molecular weight excluding hydrogens is 278 g/mol. The number of anilines is 1. The minimum Gasteiger partial charge on any atom is -0.338 e. The maximum absolute atomic E-state index is 12.8. The van der Waals surface area contributed by atoms with Crippen LogP contribution in [-0.4, -0.2) is 25.7 Å². The van der Waals surface area contributed by atoms with Crippen molar-refractivity contribution in [2.24, 2.45) is 5.92 Å². The Labute approximate surface area is 123 Å². The number of amides is 1. The molecule has 0 atom stereocenters. The van der Waals surface area contributed by atoms with Gasteiger partial charge in [0.05, 0.1) is 18.9 Å². The van der Waals surface area contributed by atoms with Crippen molar-refractivity contribution in [2.75, 3.05) is 24.7 Å². The molecule has 1 fully saturated rings. The molecule has 0 aromatic heterocycles. The zero-order chi connectivity index (χ0) is 14.3. The molecule has 2 aliphatic rings. The van der Waals surface area contributed by atoms with Crippen molar-refractivity contribution < 1.29 is 14.3 Å². The first kappa shape index (κ1) is 13.9. The molecule has 4 nitrogen and oxygen atoms in total. The van der Waals surface area contributed by atoms with Gasteiger partial charge in [0.2, 0.25) is 0 Å². The molecule has 108 valence electrons. The lowest BCUT2D eigenvalue weighted by molar-refractivity contribution is -0.256. The first-order chi connectivity index (χ1) is 9.54. The summed E-state index contributed by atoms with van der Waals surface area (Å²) in [6.45, 7) is 5.84. The lowest BCUT2D eigenvalue weighted by atomic mass is 10.1. The van der Waals surface area contributed by atoms with E-state index in [4.69, 9.17) is 21.1 Å². The van der Waals surface area contributed by atoms with Gasteiger partial charge in [-0.25, -0.2) is 0 Å². The Balaban J connectivity index is 2.09. The Kier molecular flexibility index (Phi) is 3.48. The van der Waals surface area contributed by atoms with Gasteiger partial charge in [-0.1, -0.05) is 25.4 Å². The lowest BCUT2D eigenvalue weighted by Gasteiger charge is -2.32. The third kappa shape index (κ3) is 2.03. The van der Waals surface area contributed by atoms with Crippen molar-refractivity contribution in [3.63, 3.8) is 0 Å². The molecule has 3 rings (SSSR count). The molecule has 1 aromatic carbocycles. The number of halogens is 1. The number of benzene rings is 1. The highest BCUT2D eigenvalue weighted by molar-refractivity contribution is 6.31. The quantitative estimate of drug-likeness (QED) is 0.842. The fourth-order valence-corrected chi connectivity index (χ4v) is 2.94. The van der Waals surface area contributed by atoms with E-state index < -0.39 is 5.79 Å². The van der Waals surface area contributed by atoms with Crippen molar-refractivity contribution in [1.82, 2.24) is 0 Å². The van der Waals surface area contributed by atoms with Crippen LogP contribution in [0, 0.1) is 5.92 Å². The summed E-state index contributed by atoms with van der Waals surface area (Å²) in [4.78, 5) is 14.6. The van der Waals surface area contributed by atoms with Gasteiger partial charge in [0.15, 0.2) is 0 Å². The first-order valence-corrected chi connectivity index (χ1v) is 7.32. The van der Waals surface area contributed by atoms with Crippen LogP contribution in [0.2, 0.25) is 5.02 Å². The second kappa shape index (κ2) is 5.02. The van der Waals surface area contributed by atoms with E-state index in [0.717, 1.165) is 17.7 Å². The van der Waals surface area contributed by atoms with Crippen molar-refractivity contribution in [3.8, 4) is 0 Å². The van der Waals surface area contributed by atoms with E-state index in [0.29, 0.717) is 30.7 Å². The van der Waals surface area contributed by atoms with Gasteiger partial charge in [0, 0.05) is 17.1 Å². The largest absolute Gasteiger partial charge is 0.338 e. The molecule has 1 spiro atoms. The van der Waals surface area contributed by atoms with E-state index in [2.05, 4.69) is 13.8 Å². The van der Waals surface area contributed by atoms with E-state index in [9.17, 15) is 4.79 Å². The molecule has 1 amide bonds. The van der Waals surface area contributed by atoms with Crippen LogP contribution in [0.4, 0.5) is 5.69 Å². The summed E-state index contributed by atoms with van der Waals surface area (Å²) in [7, 11) is 0. The van der Waals surface area contributed by atoms with Gasteiger partial charge in [-0.15, -0.1) is 0 Å². The van der Waals surface area contributed by atoms with Crippen LogP contribution < -0.4 is 4.90 Å². The second-order valence-electron chi connectivity index (χ2n) is 5.64. The molecule has 2 heterocycles. The minimum atomic E-state index is -1.28. The maximum atomic E-state index is 12.8. The number of fused-ring (bicyclic) bond motifs is 2. The highest BCUT2D eigenvalue weighted by Crippen LogP contribution is 2.46. The molecule has 0 saturated carbocycles. The molecule has 0 radical (unpaired) electrons. The summed E-state index contributed by atoms with van der Waals surface area (Å²) in [5.41, 5.74) is 1.57. The number of carbonyl (C=O) groups excluding carboxylic acids is 1. The Morgan fingerprint density at radius 1 is 1.35 bits per heavy atom. The molecule has 1 saturated heterocycles. The van der Waals surface area contributed by atoms with Crippen molar-refractivity contribution in [2.45, 2.75) is 26.1 Å². The van der Waals surface area contributed by atoms with Crippen molar-refractivity contribution >= 4 is 23.2 Å². The number of carbonyl (C=O) groups is 1. The van der Waals surface area contributed by atoms with Gasteiger partial charge in [0.1, 0.15) is 0 Å². The number of hydrogen-bond donors (Lipinski definition) is 0. The summed E-state index contributed by atoms with van der Waals surface area (Å²) in [6, 6.07) is 5.44. The maximum Gasteiger partial charge on any atom is 0.292 e. The topological polar surface area (TPSA) is 38.8 Å². The number of hydrogen-bond acceptors (Lipinski definition) is 3. The summed E-state index contributed by atoms with van der Waals surface area (Å²) in [5, 5.41) is 0.583. The van der Waals surface area contributed by atoms with Crippen molar-refractivity contribution in [3.05, 3.63) is 28.8 Å². The number of nitrogens with zero attached hydrogens (tertiary/aromatic N) is 1. The normalized spacial score (nSPS) is 20.8. The average Bonchev–Trinajstić information content (AvgIpc) is 2.63.